The lowest BCUT2D eigenvalue weighted by Crippen LogP contribution is -2.01. The number of hydrogen-bond donors (Lipinski definition) is 0. The topological polar surface area (TPSA) is 18.5 Å². The highest BCUT2D eigenvalue weighted by atomic mass is 35.5. The molecule has 0 bridgehead atoms. The monoisotopic (exact) mass is 314 g/mol. The quantitative estimate of drug-likeness (QED) is 0.738. The third kappa shape index (κ3) is 3.35. The Morgan fingerprint density at radius 3 is 2.65 bits per heavy atom. The van der Waals surface area contributed by atoms with E-state index in [2.05, 4.69) is 0 Å². The van der Waals surface area contributed by atoms with E-state index in [1.165, 1.54) is 6.07 Å². The molecule has 2 nitrogen and oxygen atoms in total. The van der Waals surface area contributed by atoms with Crippen LogP contribution in [0.15, 0.2) is 36.4 Å². The highest BCUT2D eigenvalue weighted by Crippen LogP contribution is 2.28. The Labute approximate surface area is 127 Å². The van der Waals surface area contributed by atoms with E-state index in [0.29, 0.717) is 22.1 Å². The summed E-state index contributed by atoms with van der Waals surface area (Å²) in [6.45, 7) is 0.0434. The number of methoxy groups -OCH3 is 1. The number of benzene rings is 2. The number of ether oxygens (including phenoxy) is 2. The molecule has 5 heteroatoms. The van der Waals surface area contributed by atoms with Gasteiger partial charge in [0.2, 0.25) is 0 Å². The summed E-state index contributed by atoms with van der Waals surface area (Å²) in [6, 6.07) is 9.81. The van der Waals surface area contributed by atoms with Gasteiger partial charge in [0.05, 0.1) is 18.0 Å². The normalized spacial score (nSPS) is 10.4. The third-order valence-electron chi connectivity index (χ3n) is 2.85. The van der Waals surface area contributed by atoms with Gasteiger partial charge in [0.15, 0.2) is 0 Å². The van der Waals surface area contributed by atoms with Crippen LogP contribution in [-0.2, 0) is 12.5 Å². The minimum Gasteiger partial charge on any atom is -0.497 e. The molecule has 0 fully saturated rings. The molecule has 0 aliphatic rings. The molecule has 2 aromatic carbocycles. The maximum Gasteiger partial charge on any atom is 0.131 e. The largest absolute Gasteiger partial charge is 0.497 e. The summed E-state index contributed by atoms with van der Waals surface area (Å²) in [6.07, 6.45) is 0. The van der Waals surface area contributed by atoms with Crippen LogP contribution in [0.3, 0.4) is 0 Å². The van der Waals surface area contributed by atoms with Gasteiger partial charge in [-0.1, -0.05) is 17.7 Å². The molecule has 0 spiro atoms. The fourth-order valence-corrected chi connectivity index (χ4v) is 2.17. The second kappa shape index (κ2) is 6.82. The van der Waals surface area contributed by atoms with Gasteiger partial charge in [-0.3, -0.25) is 0 Å². The van der Waals surface area contributed by atoms with Crippen molar-refractivity contribution < 1.29 is 13.9 Å². The van der Waals surface area contributed by atoms with Crippen molar-refractivity contribution in [1.29, 1.82) is 0 Å². The Morgan fingerprint density at radius 1 is 1.20 bits per heavy atom. The van der Waals surface area contributed by atoms with Crippen molar-refractivity contribution in [1.82, 2.24) is 0 Å². The van der Waals surface area contributed by atoms with Gasteiger partial charge in [-0.25, -0.2) is 4.39 Å². The average molecular weight is 315 g/mol. The summed E-state index contributed by atoms with van der Waals surface area (Å²) in [5, 5.41) is 0.339. The third-order valence-corrected chi connectivity index (χ3v) is 3.49. The molecule has 0 unspecified atom stereocenters. The molecule has 0 atom stereocenters. The molecule has 0 aliphatic heterocycles. The maximum absolute atomic E-state index is 13.6. The molecule has 0 N–H and O–H groups in total. The van der Waals surface area contributed by atoms with Gasteiger partial charge in [0.1, 0.15) is 23.9 Å². The Bertz CT molecular complexity index is 582. The first kappa shape index (κ1) is 14.9. The molecule has 106 valence electrons. The molecule has 20 heavy (non-hydrogen) atoms. The van der Waals surface area contributed by atoms with Gasteiger partial charge < -0.3 is 9.47 Å². The van der Waals surface area contributed by atoms with Gasteiger partial charge in [-0.15, -0.1) is 11.6 Å². The van der Waals surface area contributed by atoms with Crippen molar-refractivity contribution in [3.8, 4) is 11.5 Å². The second-order valence-electron chi connectivity index (χ2n) is 4.10. The predicted octanol–water partition coefficient (Wildman–Crippen LogP) is 4.81. The highest BCUT2D eigenvalue weighted by molar-refractivity contribution is 6.31. The van der Waals surface area contributed by atoms with Gasteiger partial charge in [-0.2, -0.15) is 0 Å². The van der Waals surface area contributed by atoms with Gasteiger partial charge in [-0.05, 0) is 30.3 Å². The van der Waals surface area contributed by atoms with E-state index in [1.54, 1.807) is 37.4 Å². The van der Waals surface area contributed by atoms with Crippen LogP contribution in [0, 0.1) is 5.82 Å². The smallest absolute Gasteiger partial charge is 0.131 e. The average Bonchev–Trinajstić information content (AvgIpc) is 2.46. The molecule has 2 aromatic rings. The number of hydrogen-bond acceptors (Lipinski definition) is 2. The van der Waals surface area contributed by atoms with Crippen molar-refractivity contribution in [2.24, 2.45) is 0 Å². The SMILES string of the molecule is COc1ccc(OCc2c(F)cccc2Cl)c(CCl)c1. The van der Waals surface area contributed by atoms with Gasteiger partial charge >= 0.3 is 0 Å². The molecule has 0 aromatic heterocycles. The molecule has 0 aliphatic carbocycles. The van der Waals surface area contributed by atoms with Crippen molar-refractivity contribution in [2.45, 2.75) is 12.5 Å². The standard InChI is InChI=1S/C15H13Cl2FO2/c1-19-11-5-6-15(10(7-11)8-16)20-9-12-13(17)3-2-4-14(12)18/h2-7H,8-9H2,1H3. The lowest BCUT2D eigenvalue weighted by Gasteiger charge is -2.12. The van der Waals surface area contributed by atoms with E-state index in [1.807, 2.05) is 0 Å². The fraction of sp³-hybridized carbons (Fsp3) is 0.200. The predicted molar refractivity (Wildman–Crippen MR) is 78.3 cm³/mol. The van der Waals surface area contributed by atoms with Crippen molar-refractivity contribution in [2.75, 3.05) is 7.11 Å². The molecule has 0 amide bonds. The van der Waals surface area contributed by atoms with Crippen molar-refractivity contribution in [3.63, 3.8) is 0 Å². The fourth-order valence-electron chi connectivity index (χ4n) is 1.75. The number of halogens is 3. The first-order valence-electron chi connectivity index (χ1n) is 5.94. The van der Waals surface area contributed by atoms with Crippen LogP contribution >= 0.6 is 23.2 Å². The Morgan fingerprint density at radius 2 is 2.00 bits per heavy atom. The van der Waals surface area contributed by atoms with Crippen LogP contribution in [0.1, 0.15) is 11.1 Å². The number of rotatable bonds is 5. The molecular weight excluding hydrogens is 302 g/mol. The molecular formula is C15H13Cl2FO2. The van der Waals surface area contributed by atoms with E-state index in [0.717, 1.165) is 5.56 Å². The van der Waals surface area contributed by atoms with Crippen molar-refractivity contribution >= 4 is 23.2 Å². The Hall–Kier alpha value is -1.45. The minimum atomic E-state index is -0.390. The van der Waals surface area contributed by atoms with Gasteiger partial charge in [0, 0.05) is 11.1 Å². The van der Waals surface area contributed by atoms with E-state index in [4.69, 9.17) is 32.7 Å². The van der Waals surface area contributed by atoms with Crippen LogP contribution in [0.5, 0.6) is 11.5 Å². The lowest BCUT2D eigenvalue weighted by atomic mass is 10.2. The number of alkyl halides is 1. The summed E-state index contributed by atoms with van der Waals surface area (Å²) in [4.78, 5) is 0. The summed E-state index contributed by atoms with van der Waals surface area (Å²) >= 11 is 11.8. The Kier molecular flexibility index (Phi) is 5.10. The van der Waals surface area contributed by atoms with Crippen molar-refractivity contribution in [3.05, 3.63) is 58.4 Å². The first-order valence-corrected chi connectivity index (χ1v) is 6.85. The molecule has 0 saturated heterocycles. The maximum atomic E-state index is 13.6. The van der Waals surface area contributed by atoms with E-state index in [9.17, 15) is 4.39 Å². The second-order valence-corrected chi connectivity index (χ2v) is 4.77. The zero-order valence-electron chi connectivity index (χ0n) is 10.8. The zero-order chi connectivity index (χ0) is 14.5. The van der Waals surface area contributed by atoms with E-state index < -0.39 is 5.82 Å². The Balaban J connectivity index is 2.19. The summed E-state index contributed by atoms with van der Waals surface area (Å²) < 4.78 is 24.4. The van der Waals surface area contributed by atoms with Crippen LogP contribution in [0.2, 0.25) is 5.02 Å². The lowest BCUT2D eigenvalue weighted by molar-refractivity contribution is 0.297. The zero-order valence-corrected chi connectivity index (χ0v) is 12.3. The first-order chi connectivity index (χ1) is 9.65. The minimum absolute atomic E-state index is 0.0434. The summed E-state index contributed by atoms with van der Waals surface area (Å²) in [7, 11) is 1.58. The summed E-state index contributed by atoms with van der Waals surface area (Å²) in [5.74, 6) is 1.16. The summed E-state index contributed by atoms with van der Waals surface area (Å²) in [5.41, 5.74) is 1.10. The van der Waals surface area contributed by atoms with Crippen LogP contribution in [-0.4, -0.2) is 7.11 Å². The van der Waals surface area contributed by atoms with Crippen LogP contribution < -0.4 is 9.47 Å². The molecule has 2 rings (SSSR count). The van der Waals surface area contributed by atoms with E-state index in [-0.39, 0.29) is 12.5 Å². The highest BCUT2D eigenvalue weighted by Gasteiger charge is 2.10. The molecule has 0 radical (unpaired) electrons. The molecule has 0 heterocycles. The van der Waals surface area contributed by atoms with Crippen LogP contribution in [0.25, 0.3) is 0 Å². The molecule has 0 saturated carbocycles. The van der Waals surface area contributed by atoms with Crippen LogP contribution in [0.4, 0.5) is 4.39 Å². The van der Waals surface area contributed by atoms with E-state index >= 15 is 0 Å². The van der Waals surface area contributed by atoms with Gasteiger partial charge in [0.25, 0.3) is 0 Å².